The summed E-state index contributed by atoms with van der Waals surface area (Å²) in [4.78, 5) is 16.1. The second kappa shape index (κ2) is 7.44. The molecule has 2 atom stereocenters. The van der Waals surface area contributed by atoms with Gasteiger partial charge in [-0.3, -0.25) is 9.96 Å². The number of urea groups is 1. The van der Waals surface area contributed by atoms with Gasteiger partial charge in [0.15, 0.2) is 0 Å². The summed E-state index contributed by atoms with van der Waals surface area (Å²) in [5.74, 6) is 0.262. The topological polar surface area (TPSA) is 126 Å². The van der Waals surface area contributed by atoms with Crippen LogP contribution in [0.15, 0.2) is 0 Å². The quantitative estimate of drug-likeness (QED) is 0.340. The molecule has 0 aliphatic carbocycles. The van der Waals surface area contributed by atoms with Gasteiger partial charge in [0.2, 0.25) is 0 Å². The van der Waals surface area contributed by atoms with E-state index in [4.69, 9.17) is 9.96 Å². The van der Waals surface area contributed by atoms with Crippen molar-refractivity contribution < 1.29 is 22.0 Å². The van der Waals surface area contributed by atoms with E-state index in [9.17, 15) is 13.2 Å². The lowest BCUT2D eigenvalue weighted by atomic mass is 10.00. The third-order valence-electron chi connectivity index (χ3n) is 5.02. The molecule has 3 rings (SSSR count). The second-order valence-electron chi connectivity index (χ2n) is 6.75. The fraction of sp³-hybridized carbons (Fsp3) is 0.857. The Kier molecular flexibility index (Phi) is 5.46. The largest absolute Gasteiger partial charge is 0.418 e. The molecular weight excluding hydrogens is 350 g/mol. The second-order valence-corrected chi connectivity index (χ2v) is 7.76. The summed E-state index contributed by atoms with van der Waals surface area (Å²) >= 11 is 0. The predicted molar refractivity (Wildman–Crippen MR) is 89.4 cm³/mol. The number of hydroxylamine groups is 2. The molecule has 0 spiro atoms. The van der Waals surface area contributed by atoms with E-state index in [1.54, 1.807) is 0 Å². The van der Waals surface area contributed by atoms with E-state index >= 15 is 0 Å². The Bertz CT molecular complexity index is 621. The van der Waals surface area contributed by atoms with Crippen LogP contribution in [0, 0.1) is 5.41 Å². The van der Waals surface area contributed by atoms with E-state index in [0.717, 1.165) is 19.6 Å². The lowest BCUT2D eigenvalue weighted by Crippen LogP contribution is -2.50. The number of hydrogen-bond acceptors (Lipinski definition) is 6. The molecule has 25 heavy (non-hydrogen) atoms. The molecule has 0 saturated carbocycles. The molecule has 0 unspecified atom stereocenters. The van der Waals surface area contributed by atoms with Crippen LogP contribution in [-0.2, 0) is 14.7 Å². The number of rotatable bonds is 6. The van der Waals surface area contributed by atoms with Gasteiger partial charge in [0.05, 0.1) is 12.1 Å². The molecule has 0 aromatic carbocycles. The number of nitrogens with one attached hydrogen (secondary N) is 2. The Hall–Kier alpha value is -1.43. The van der Waals surface area contributed by atoms with E-state index in [0.29, 0.717) is 24.4 Å². The molecule has 2 amide bonds. The van der Waals surface area contributed by atoms with E-state index < -0.39 is 28.5 Å². The normalized spacial score (nSPS) is 27.6. The van der Waals surface area contributed by atoms with Gasteiger partial charge in [0.25, 0.3) is 0 Å². The highest BCUT2D eigenvalue weighted by molar-refractivity contribution is 7.80. The van der Waals surface area contributed by atoms with Crippen LogP contribution in [0.2, 0.25) is 0 Å². The summed E-state index contributed by atoms with van der Waals surface area (Å²) in [7, 11) is -4.74. The molecule has 3 N–H and O–H groups in total. The van der Waals surface area contributed by atoms with Gasteiger partial charge in [0.1, 0.15) is 5.84 Å². The first kappa shape index (κ1) is 18.4. The first-order valence-corrected chi connectivity index (χ1v) is 10.0. The Morgan fingerprint density at radius 1 is 1.28 bits per heavy atom. The number of carbonyl (C=O) groups is 1. The molecule has 142 valence electrons. The number of fused-ring (bicyclic) bond motifs is 2. The highest BCUT2D eigenvalue weighted by Crippen LogP contribution is 2.30. The fourth-order valence-electron chi connectivity index (χ4n) is 3.78. The number of amidine groups is 1. The van der Waals surface area contributed by atoms with Gasteiger partial charge >= 0.3 is 16.4 Å². The Balaban J connectivity index is 1.51. The number of nitrogens with zero attached hydrogens (tertiary/aromatic N) is 3. The molecule has 3 aliphatic heterocycles. The maximum atomic E-state index is 12.3. The molecule has 11 heteroatoms. The highest BCUT2D eigenvalue weighted by atomic mass is 32.3. The first-order chi connectivity index (χ1) is 11.8. The zero-order valence-electron chi connectivity index (χ0n) is 14.1. The van der Waals surface area contributed by atoms with Gasteiger partial charge in [-0.2, -0.15) is 13.5 Å². The Morgan fingerprint density at radius 2 is 2.00 bits per heavy atom. The van der Waals surface area contributed by atoms with Crippen molar-refractivity contribution in [1.82, 2.24) is 20.2 Å². The molecule has 3 fully saturated rings. The van der Waals surface area contributed by atoms with Crippen LogP contribution in [0.1, 0.15) is 32.1 Å². The van der Waals surface area contributed by atoms with Crippen molar-refractivity contribution in [3.63, 3.8) is 0 Å². The van der Waals surface area contributed by atoms with Gasteiger partial charge in [-0.25, -0.2) is 4.79 Å². The summed E-state index contributed by atoms with van der Waals surface area (Å²) in [6.45, 7) is 3.98. The number of likely N-dealkylation sites (tertiary alicyclic amines) is 1. The molecule has 0 radical (unpaired) electrons. The predicted octanol–water partition coefficient (Wildman–Crippen LogP) is 0.0422. The minimum absolute atomic E-state index is 0.262. The zero-order valence-corrected chi connectivity index (χ0v) is 14.9. The maximum absolute atomic E-state index is 12.3. The highest BCUT2D eigenvalue weighted by Gasteiger charge is 2.48. The van der Waals surface area contributed by atoms with Crippen LogP contribution in [0.25, 0.3) is 0 Å². The smallest absolute Gasteiger partial charge is 0.371 e. The standard InChI is InChI=1S/C14H25N5O5S/c15-13(16-6-9-17-7-2-1-3-8-17)12-5-4-11-10-18(12)14(20)19(11)24-25(21,22)23/h11-12H,1-10H2,(H2,15,16)(H,21,22,23)/t11-,12+/m1/s1. The molecule has 2 bridgehead atoms. The van der Waals surface area contributed by atoms with Crippen molar-refractivity contribution in [2.75, 3.05) is 32.7 Å². The third kappa shape index (κ3) is 4.40. The van der Waals surface area contributed by atoms with Crippen LogP contribution in [0.4, 0.5) is 4.79 Å². The van der Waals surface area contributed by atoms with Crippen LogP contribution in [0.3, 0.4) is 0 Å². The molecule has 3 aliphatic rings. The molecule has 3 heterocycles. The van der Waals surface area contributed by atoms with E-state index in [1.807, 2.05) is 0 Å². The van der Waals surface area contributed by atoms with Crippen molar-refractivity contribution in [2.24, 2.45) is 0 Å². The summed E-state index contributed by atoms with van der Waals surface area (Å²) < 4.78 is 35.0. The minimum atomic E-state index is -4.74. The average Bonchev–Trinajstić information content (AvgIpc) is 2.79. The number of hydrogen-bond donors (Lipinski definition) is 3. The Labute approximate surface area is 147 Å². The van der Waals surface area contributed by atoms with Crippen LogP contribution >= 0.6 is 0 Å². The molecule has 0 aromatic rings. The zero-order chi connectivity index (χ0) is 18.0. The van der Waals surface area contributed by atoms with Crippen LogP contribution in [0.5, 0.6) is 0 Å². The third-order valence-corrected chi connectivity index (χ3v) is 5.37. The number of piperidine rings is 2. The van der Waals surface area contributed by atoms with Crippen LogP contribution in [-0.4, -0.2) is 84.5 Å². The van der Waals surface area contributed by atoms with E-state index in [-0.39, 0.29) is 12.4 Å². The summed E-state index contributed by atoms with van der Waals surface area (Å²) in [5.41, 5.74) is 0. The fourth-order valence-corrected chi connectivity index (χ4v) is 4.17. The number of carbonyl (C=O) groups excluding carboxylic acids is 1. The maximum Gasteiger partial charge on any atom is 0.418 e. The number of amides is 2. The molecule has 3 saturated heterocycles. The lowest BCUT2D eigenvalue weighted by Gasteiger charge is -2.32. The van der Waals surface area contributed by atoms with Gasteiger partial charge in [-0.05, 0) is 38.8 Å². The van der Waals surface area contributed by atoms with Crippen LogP contribution < -0.4 is 5.32 Å². The average molecular weight is 375 g/mol. The van der Waals surface area contributed by atoms with Gasteiger partial charge in [-0.15, -0.1) is 4.28 Å². The van der Waals surface area contributed by atoms with Gasteiger partial charge in [-0.1, -0.05) is 6.42 Å². The Morgan fingerprint density at radius 3 is 2.68 bits per heavy atom. The summed E-state index contributed by atoms with van der Waals surface area (Å²) in [5, 5.41) is 12.0. The van der Waals surface area contributed by atoms with Crippen molar-refractivity contribution >= 4 is 22.3 Å². The molecular formula is C14H25N5O5S. The SMILES string of the molecule is N=C(NCCN1CCCCC1)[C@@H]1CC[C@@H]2CN1C(=O)N2OS(=O)(=O)O. The monoisotopic (exact) mass is 375 g/mol. The van der Waals surface area contributed by atoms with Crippen molar-refractivity contribution in [3.8, 4) is 0 Å². The minimum Gasteiger partial charge on any atom is -0.371 e. The first-order valence-electron chi connectivity index (χ1n) is 8.66. The van der Waals surface area contributed by atoms with Crippen molar-refractivity contribution in [1.29, 1.82) is 5.41 Å². The molecule has 0 aromatic heterocycles. The van der Waals surface area contributed by atoms with E-state index in [1.165, 1.54) is 24.2 Å². The van der Waals surface area contributed by atoms with Crippen molar-refractivity contribution in [2.45, 2.75) is 44.2 Å². The van der Waals surface area contributed by atoms with Gasteiger partial charge < -0.3 is 15.1 Å². The summed E-state index contributed by atoms with van der Waals surface area (Å²) in [6.07, 6.45) is 4.78. The lowest BCUT2D eigenvalue weighted by molar-refractivity contribution is -0.0316. The summed E-state index contributed by atoms with van der Waals surface area (Å²) in [6, 6.07) is -1.47. The van der Waals surface area contributed by atoms with E-state index in [2.05, 4.69) is 14.5 Å². The van der Waals surface area contributed by atoms with Crippen molar-refractivity contribution in [3.05, 3.63) is 0 Å². The van der Waals surface area contributed by atoms with Gasteiger partial charge in [0, 0.05) is 19.6 Å². The molecule has 10 nitrogen and oxygen atoms in total.